The van der Waals surface area contributed by atoms with Gasteiger partial charge in [0.05, 0.1) is 17.3 Å². The predicted molar refractivity (Wildman–Crippen MR) is 76.0 cm³/mol. The van der Waals surface area contributed by atoms with Gasteiger partial charge in [-0.25, -0.2) is 4.98 Å². The molecule has 21 heavy (non-hydrogen) atoms. The largest absolute Gasteiger partial charge is 0.483 e. The van der Waals surface area contributed by atoms with Gasteiger partial charge in [0.15, 0.2) is 11.5 Å². The van der Waals surface area contributed by atoms with E-state index in [-0.39, 0.29) is 6.10 Å². The summed E-state index contributed by atoms with van der Waals surface area (Å²) < 4.78 is 17.0. The third-order valence-electron chi connectivity index (χ3n) is 3.30. The summed E-state index contributed by atoms with van der Waals surface area (Å²) in [6.45, 7) is 2.30. The van der Waals surface area contributed by atoms with Crippen molar-refractivity contribution in [2.24, 2.45) is 0 Å². The summed E-state index contributed by atoms with van der Waals surface area (Å²) >= 11 is 1.68. The van der Waals surface area contributed by atoms with Gasteiger partial charge in [-0.15, -0.1) is 0 Å². The number of fused-ring (bicyclic) bond motifs is 2. The molecule has 0 aliphatic carbocycles. The number of thioether (sulfide) groups is 1. The second-order valence-corrected chi connectivity index (χ2v) is 5.83. The van der Waals surface area contributed by atoms with Crippen molar-refractivity contribution < 1.29 is 14.2 Å². The van der Waals surface area contributed by atoms with Crippen LogP contribution in [0.2, 0.25) is 0 Å². The van der Waals surface area contributed by atoms with Gasteiger partial charge in [0.2, 0.25) is 0 Å². The minimum Gasteiger partial charge on any atom is -0.483 e. The molecule has 0 saturated carbocycles. The van der Waals surface area contributed by atoms with Gasteiger partial charge >= 0.3 is 0 Å². The average Bonchev–Trinajstić information content (AvgIpc) is 2.94. The summed E-state index contributed by atoms with van der Waals surface area (Å²) in [5, 5.41) is 0. The Kier molecular flexibility index (Phi) is 3.07. The van der Waals surface area contributed by atoms with E-state index in [0.717, 1.165) is 16.3 Å². The Morgan fingerprint density at radius 2 is 2.14 bits per heavy atom. The second-order valence-electron chi connectivity index (χ2n) is 4.87. The number of hydrogen-bond acceptors (Lipinski definition) is 7. The molecule has 6 nitrogen and oxygen atoms in total. The zero-order chi connectivity index (χ0) is 14.2. The highest BCUT2D eigenvalue weighted by Gasteiger charge is 2.24. The van der Waals surface area contributed by atoms with Crippen LogP contribution >= 0.6 is 11.8 Å². The Labute approximate surface area is 125 Å². The minimum absolute atomic E-state index is 0.0929. The highest BCUT2D eigenvalue weighted by atomic mass is 32.2. The number of nitrogens with zero attached hydrogens (tertiary/aromatic N) is 3. The predicted octanol–water partition coefficient (Wildman–Crippen LogP) is 2.00. The van der Waals surface area contributed by atoms with Gasteiger partial charge in [-0.3, -0.25) is 4.98 Å². The molecule has 7 heteroatoms. The summed E-state index contributed by atoms with van der Waals surface area (Å²) in [4.78, 5) is 13.9. The fourth-order valence-corrected chi connectivity index (χ4v) is 3.07. The van der Waals surface area contributed by atoms with E-state index in [2.05, 4.69) is 21.0 Å². The molecule has 4 heterocycles. The molecule has 1 atom stereocenters. The van der Waals surface area contributed by atoms with Crippen LogP contribution in [0.15, 0.2) is 23.4 Å². The number of hydrogen-bond donors (Lipinski definition) is 0. The van der Waals surface area contributed by atoms with E-state index in [9.17, 15) is 0 Å². The van der Waals surface area contributed by atoms with Crippen LogP contribution in [0.3, 0.4) is 0 Å². The van der Waals surface area contributed by atoms with Gasteiger partial charge in [0.25, 0.3) is 5.88 Å². The van der Waals surface area contributed by atoms with E-state index in [1.54, 1.807) is 24.2 Å². The van der Waals surface area contributed by atoms with Gasteiger partial charge in [-0.05, 0) is 13.0 Å². The fourth-order valence-electron chi connectivity index (χ4n) is 2.28. The normalized spacial score (nSPS) is 19.0. The molecule has 4 rings (SSSR count). The first-order chi connectivity index (χ1) is 10.3. The number of rotatable bonds is 2. The molecule has 2 aromatic rings. The summed E-state index contributed by atoms with van der Waals surface area (Å²) in [5.74, 6) is 3.30. The number of aryl methyl sites for hydroxylation is 1. The molecule has 0 radical (unpaired) electrons. The van der Waals surface area contributed by atoms with Crippen molar-refractivity contribution in [1.82, 2.24) is 15.0 Å². The maximum absolute atomic E-state index is 5.88. The van der Waals surface area contributed by atoms with E-state index in [4.69, 9.17) is 14.2 Å². The van der Waals surface area contributed by atoms with Gasteiger partial charge in [-0.1, -0.05) is 11.8 Å². The first-order valence-electron chi connectivity index (χ1n) is 6.65. The molecule has 0 spiro atoms. The third-order valence-corrected chi connectivity index (χ3v) is 4.17. The molecule has 1 unspecified atom stereocenters. The molecule has 108 valence electrons. The zero-order valence-corrected chi connectivity index (χ0v) is 12.2. The molecule has 0 saturated heterocycles. The van der Waals surface area contributed by atoms with Crippen molar-refractivity contribution >= 4 is 11.8 Å². The zero-order valence-electron chi connectivity index (χ0n) is 11.4. The molecular weight excluding hydrogens is 290 g/mol. The van der Waals surface area contributed by atoms with Gasteiger partial charge in [0.1, 0.15) is 24.5 Å². The monoisotopic (exact) mass is 303 g/mol. The van der Waals surface area contributed by atoms with Crippen molar-refractivity contribution in [3.8, 4) is 17.4 Å². The Bertz CT molecular complexity index is 695. The van der Waals surface area contributed by atoms with E-state index in [0.29, 0.717) is 36.4 Å². The fraction of sp³-hybridized carbons (Fsp3) is 0.357. The molecule has 0 N–H and O–H groups in total. The molecule has 2 aliphatic heterocycles. The summed E-state index contributed by atoms with van der Waals surface area (Å²) in [5.41, 5.74) is 0.967. The highest BCUT2D eigenvalue weighted by Crippen LogP contribution is 2.36. The van der Waals surface area contributed by atoms with Crippen molar-refractivity contribution in [2.45, 2.75) is 24.3 Å². The SMILES string of the molecule is Cc1ncc2c(n1)OC(Cc1cc3c(cn1)OCS3)CO2. The smallest absolute Gasteiger partial charge is 0.260 e. The topological polar surface area (TPSA) is 66.4 Å². The maximum atomic E-state index is 5.88. The van der Waals surface area contributed by atoms with E-state index >= 15 is 0 Å². The van der Waals surface area contributed by atoms with Crippen LogP contribution in [0.5, 0.6) is 17.4 Å². The summed E-state index contributed by atoms with van der Waals surface area (Å²) in [7, 11) is 0. The molecule has 0 amide bonds. The first kappa shape index (κ1) is 12.7. The lowest BCUT2D eigenvalue weighted by Gasteiger charge is -2.25. The molecule has 0 bridgehead atoms. The Balaban J connectivity index is 1.51. The van der Waals surface area contributed by atoms with Crippen LogP contribution in [0, 0.1) is 6.92 Å². The Morgan fingerprint density at radius 3 is 3.10 bits per heavy atom. The number of pyridine rings is 1. The van der Waals surface area contributed by atoms with Crippen LogP contribution in [0.25, 0.3) is 0 Å². The van der Waals surface area contributed by atoms with Crippen LogP contribution < -0.4 is 14.2 Å². The third kappa shape index (κ3) is 2.49. The number of ether oxygens (including phenoxy) is 3. The van der Waals surface area contributed by atoms with E-state index < -0.39 is 0 Å². The first-order valence-corrected chi connectivity index (χ1v) is 7.64. The summed E-state index contributed by atoms with van der Waals surface area (Å²) in [6.07, 6.45) is 4.00. The average molecular weight is 303 g/mol. The van der Waals surface area contributed by atoms with Crippen molar-refractivity contribution in [3.05, 3.63) is 30.0 Å². The molecule has 0 aromatic carbocycles. The van der Waals surface area contributed by atoms with Crippen LogP contribution in [0.1, 0.15) is 11.5 Å². The van der Waals surface area contributed by atoms with E-state index in [1.807, 2.05) is 6.92 Å². The maximum Gasteiger partial charge on any atom is 0.260 e. The molecule has 2 aromatic heterocycles. The minimum atomic E-state index is -0.0929. The second kappa shape index (κ2) is 5.07. The van der Waals surface area contributed by atoms with Crippen LogP contribution in [0.4, 0.5) is 0 Å². The van der Waals surface area contributed by atoms with Crippen molar-refractivity contribution in [1.29, 1.82) is 0 Å². The lowest BCUT2D eigenvalue weighted by Crippen LogP contribution is -2.32. The highest BCUT2D eigenvalue weighted by molar-refractivity contribution is 7.99. The number of aromatic nitrogens is 3. The van der Waals surface area contributed by atoms with Crippen LogP contribution in [-0.2, 0) is 6.42 Å². The quantitative estimate of drug-likeness (QED) is 0.840. The standard InChI is InChI=1S/C14H13N3O3S/c1-8-15-5-12-14(17-8)20-10(6-18-12)2-9-3-13-11(4-16-9)19-7-21-13/h3-5,10H,2,6-7H2,1H3. The molecule has 2 aliphatic rings. The van der Waals surface area contributed by atoms with Crippen LogP contribution in [-0.4, -0.2) is 33.6 Å². The van der Waals surface area contributed by atoms with Gasteiger partial charge in [-0.2, -0.15) is 4.98 Å². The molecular formula is C14H13N3O3S. The lowest BCUT2D eigenvalue weighted by molar-refractivity contribution is 0.0835. The summed E-state index contributed by atoms with van der Waals surface area (Å²) in [6, 6.07) is 2.05. The van der Waals surface area contributed by atoms with Crippen molar-refractivity contribution in [3.63, 3.8) is 0 Å². The van der Waals surface area contributed by atoms with Crippen molar-refractivity contribution in [2.75, 3.05) is 12.5 Å². The Hall–Kier alpha value is -2.02. The van der Waals surface area contributed by atoms with E-state index in [1.165, 1.54) is 0 Å². The Morgan fingerprint density at radius 1 is 1.24 bits per heavy atom. The van der Waals surface area contributed by atoms with Gasteiger partial charge in [0, 0.05) is 12.1 Å². The van der Waals surface area contributed by atoms with Gasteiger partial charge < -0.3 is 14.2 Å². The molecule has 0 fully saturated rings. The lowest BCUT2D eigenvalue weighted by atomic mass is 10.2.